The highest BCUT2D eigenvalue weighted by Crippen LogP contribution is 2.18. The molecular formula is C13H22F3NO3. The molecule has 4 nitrogen and oxygen atoms in total. The van der Waals surface area contributed by atoms with Crippen LogP contribution < -0.4 is 5.32 Å². The maximum absolute atomic E-state index is 12.3. The molecule has 0 fully saturated rings. The molecule has 0 aromatic rings. The fourth-order valence-corrected chi connectivity index (χ4v) is 1.63. The van der Waals surface area contributed by atoms with Crippen molar-refractivity contribution in [3.8, 4) is 0 Å². The number of carbonyl (C=O) groups is 2. The fraction of sp³-hybridized carbons (Fsp3) is 0.846. The SMILES string of the molecule is CCCC(C)OC(=O)[C@@H](NC(=O)C(F)(F)F)[C@@H](C)CC. The van der Waals surface area contributed by atoms with Crippen LogP contribution in [0.1, 0.15) is 47.0 Å². The molecule has 1 unspecified atom stereocenters. The lowest BCUT2D eigenvalue weighted by atomic mass is 9.99. The summed E-state index contributed by atoms with van der Waals surface area (Å²) in [7, 11) is 0. The van der Waals surface area contributed by atoms with Crippen LogP contribution in [0.15, 0.2) is 0 Å². The molecule has 0 aliphatic rings. The molecule has 0 aromatic carbocycles. The number of nitrogens with one attached hydrogen (secondary N) is 1. The first kappa shape index (κ1) is 18.7. The number of hydrogen-bond acceptors (Lipinski definition) is 3. The normalized spacial score (nSPS) is 16.1. The molecule has 0 aromatic heterocycles. The number of hydrogen-bond donors (Lipinski definition) is 1. The third-order valence-electron chi connectivity index (χ3n) is 3.02. The maximum atomic E-state index is 12.3. The van der Waals surface area contributed by atoms with Crippen LogP contribution in [0.2, 0.25) is 0 Å². The van der Waals surface area contributed by atoms with E-state index in [2.05, 4.69) is 0 Å². The van der Waals surface area contributed by atoms with E-state index >= 15 is 0 Å². The summed E-state index contributed by atoms with van der Waals surface area (Å²) in [6.45, 7) is 6.88. The zero-order valence-electron chi connectivity index (χ0n) is 12.2. The zero-order valence-corrected chi connectivity index (χ0v) is 12.2. The van der Waals surface area contributed by atoms with Gasteiger partial charge in [-0.2, -0.15) is 13.2 Å². The van der Waals surface area contributed by atoms with Gasteiger partial charge in [0.05, 0.1) is 6.10 Å². The van der Waals surface area contributed by atoms with Gasteiger partial charge in [-0.3, -0.25) is 4.79 Å². The van der Waals surface area contributed by atoms with Gasteiger partial charge in [0.25, 0.3) is 0 Å². The van der Waals surface area contributed by atoms with E-state index in [1.807, 2.05) is 6.92 Å². The summed E-state index contributed by atoms with van der Waals surface area (Å²) >= 11 is 0. The molecule has 0 bridgehead atoms. The average Bonchev–Trinajstić information content (AvgIpc) is 2.33. The highest BCUT2D eigenvalue weighted by molar-refractivity contribution is 5.87. The van der Waals surface area contributed by atoms with Gasteiger partial charge in [-0.1, -0.05) is 33.6 Å². The van der Waals surface area contributed by atoms with Crippen molar-refractivity contribution in [3.05, 3.63) is 0 Å². The van der Waals surface area contributed by atoms with Gasteiger partial charge in [-0.15, -0.1) is 0 Å². The molecule has 1 amide bonds. The minimum Gasteiger partial charge on any atom is -0.461 e. The Kier molecular flexibility index (Phi) is 7.60. The lowest BCUT2D eigenvalue weighted by Gasteiger charge is -2.24. The van der Waals surface area contributed by atoms with Crippen molar-refractivity contribution in [1.82, 2.24) is 5.32 Å². The molecule has 0 aliphatic carbocycles. The molecule has 20 heavy (non-hydrogen) atoms. The van der Waals surface area contributed by atoms with Gasteiger partial charge >= 0.3 is 18.1 Å². The van der Waals surface area contributed by atoms with Crippen LogP contribution in [0.4, 0.5) is 13.2 Å². The van der Waals surface area contributed by atoms with Gasteiger partial charge in [0.15, 0.2) is 0 Å². The average molecular weight is 297 g/mol. The van der Waals surface area contributed by atoms with Gasteiger partial charge < -0.3 is 10.1 Å². The second-order valence-corrected chi connectivity index (χ2v) is 4.87. The Hall–Kier alpha value is -1.27. The zero-order chi connectivity index (χ0) is 15.9. The number of esters is 1. The third-order valence-corrected chi connectivity index (χ3v) is 3.02. The standard InChI is InChI=1S/C13H22F3NO3/c1-5-7-9(4)20-11(18)10(8(3)6-2)17-12(19)13(14,15)16/h8-10H,5-7H2,1-4H3,(H,17,19)/t8-,9?,10-/m0/s1. The van der Waals surface area contributed by atoms with E-state index in [0.717, 1.165) is 6.42 Å². The van der Waals surface area contributed by atoms with E-state index in [0.29, 0.717) is 12.8 Å². The number of ether oxygens (including phenoxy) is 1. The number of carbonyl (C=O) groups excluding carboxylic acids is 2. The van der Waals surface area contributed by atoms with Crippen molar-refractivity contribution >= 4 is 11.9 Å². The van der Waals surface area contributed by atoms with Crippen molar-refractivity contribution in [1.29, 1.82) is 0 Å². The number of alkyl halides is 3. The summed E-state index contributed by atoms with van der Waals surface area (Å²) in [5.41, 5.74) is 0. The molecule has 3 atom stereocenters. The van der Waals surface area contributed by atoms with Crippen LogP contribution in [0.5, 0.6) is 0 Å². The molecule has 0 heterocycles. The second kappa shape index (κ2) is 8.11. The number of rotatable bonds is 7. The fourth-order valence-electron chi connectivity index (χ4n) is 1.63. The van der Waals surface area contributed by atoms with Gasteiger partial charge in [0, 0.05) is 0 Å². The first-order chi connectivity index (χ1) is 9.13. The summed E-state index contributed by atoms with van der Waals surface area (Å²) in [5, 5.41) is 1.72. The molecule has 0 saturated carbocycles. The Morgan fingerprint density at radius 3 is 2.15 bits per heavy atom. The summed E-state index contributed by atoms with van der Waals surface area (Å²) in [5.74, 6) is -3.39. The van der Waals surface area contributed by atoms with E-state index < -0.39 is 30.0 Å². The monoisotopic (exact) mass is 297 g/mol. The topological polar surface area (TPSA) is 55.4 Å². The summed E-state index contributed by atoms with van der Waals surface area (Å²) < 4.78 is 41.8. The highest BCUT2D eigenvalue weighted by Gasteiger charge is 2.42. The van der Waals surface area contributed by atoms with E-state index in [9.17, 15) is 22.8 Å². The Morgan fingerprint density at radius 1 is 1.20 bits per heavy atom. The maximum Gasteiger partial charge on any atom is 0.471 e. The highest BCUT2D eigenvalue weighted by atomic mass is 19.4. The molecule has 0 rings (SSSR count). The van der Waals surface area contributed by atoms with E-state index in [1.165, 1.54) is 0 Å². The Morgan fingerprint density at radius 2 is 1.75 bits per heavy atom. The van der Waals surface area contributed by atoms with Crippen LogP contribution in [-0.4, -0.2) is 30.2 Å². The first-order valence-corrected chi connectivity index (χ1v) is 6.71. The van der Waals surface area contributed by atoms with Crippen LogP contribution in [0.25, 0.3) is 0 Å². The van der Waals surface area contributed by atoms with Crippen molar-refractivity contribution in [3.63, 3.8) is 0 Å². The van der Waals surface area contributed by atoms with Crippen molar-refractivity contribution in [2.24, 2.45) is 5.92 Å². The van der Waals surface area contributed by atoms with Crippen molar-refractivity contribution < 1.29 is 27.5 Å². The van der Waals surface area contributed by atoms with E-state index in [-0.39, 0.29) is 6.10 Å². The third kappa shape index (κ3) is 6.25. The molecule has 0 radical (unpaired) electrons. The second-order valence-electron chi connectivity index (χ2n) is 4.87. The molecule has 1 N–H and O–H groups in total. The van der Waals surface area contributed by atoms with Gasteiger partial charge in [0.1, 0.15) is 6.04 Å². The number of amides is 1. The van der Waals surface area contributed by atoms with Gasteiger partial charge in [-0.05, 0) is 19.3 Å². The summed E-state index contributed by atoms with van der Waals surface area (Å²) in [6.07, 6.45) is -3.55. The minimum absolute atomic E-state index is 0.387. The van der Waals surface area contributed by atoms with Crippen molar-refractivity contribution in [2.45, 2.75) is 65.3 Å². The van der Waals surface area contributed by atoms with Crippen LogP contribution in [-0.2, 0) is 14.3 Å². The number of halogens is 3. The van der Waals surface area contributed by atoms with Crippen molar-refractivity contribution in [2.75, 3.05) is 0 Å². The lowest BCUT2D eigenvalue weighted by Crippen LogP contribution is -2.50. The predicted molar refractivity (Wildman–Crippen MR) is 67.9 cm³/mol. The largest absolute Gasteiger partial charge is 0.471 e. The minimum atomic E-state index is -5.01. The lowest BCUT2D eigenvalue weighted by molar-refractivity contribution is -0.177. The van der Waals surface area contributed by atoms with Gasteiger partial charge in [-0.25, -0.2) is 4.79 Å². The predicted octanol–water partition coefficient (Wildman–Crippen LogP) is 2.81. The molecule has 0 spiro atoms. The smallest absolute Gasteiger partial charge is 0.461 e. The van der Waals surface area contributed by atoms with E-state index in [1.54, 1.807) is 26.1 Å². The first-order valence-electron chi connectivity index (χ1n) is 6.71. The van der Waals surface area contributed by atoms with Gasteiger partial charge in [0.2, 0.25) is 0 Å². The quantitative estimate of drug-likeness (QED) is 0.735. The van der Waals surface area contributed by atoms with Crippen LogP contribution in [0.3, 0.4) is 0 Å². The Balaban J connectivity index is 4.80. The molecule has 7 heteroatoms. The van der Waals surface area contributed by atoms with Crippen LogP contribution in [0, 0.1) is 5.92 Å². The molecular weight excluding hydrogens is 275 g/mol. The molecule has 0 aliphatic heterocycles. The summed E-state index contributed by atoms with van der Waals surface area (Å²) in [6, 6.07) is -1.28. The Labute approximate surface area is 117 Å². The summed E-state index contributed by atoms with van der Waals surface area (Å²) in [4.78, 5) is 22.9. The van der Waals surface area contributed by atoms with E-state index in [4.69, 9.17) is 4.74 Å². The van der Waals surface area contributed by atoms with Crippen LogP contribution >= 0.6 is 0 Å². The Bertz CT molecular complexity index is 331. The molecule has 118 valence electrons. The molecule has 0 saturated heterocycles.